The Morgan fingerprint density at radius 1 is 0.861 bits per heavy atom. The average molecular weight is 511 g/mol. The van der Waals surface area contributed by atoms with Crippen molar-refractivity contribution < 1.29 is 4.79 Å². The molecule has 0 fully saturated rings. The molecule has 0 aromatic heterocycles. The van der Waals surface area contributed by atoms with Gasteiger partial charge in [0.25, 0.3) is 5.91 Å². The molecule has 1 unspecified atom stereocenters. The number of nitrogens with zero attached hydrogens (tertiary/aromatic N) is 2. The van der Waals surface area contributed by atoms with E-state index in [1.807, 2.05) is 84.9 Å². The van der Waals surface area contributed by atoms with Crippen LogP contribution < -0.4 is 15.5 Å². The maximum absolute atomic E-state index is 13.4. The van der Waals surface area contributed by atoms with E-state index in [-0.39, 0.29) is 5.91 Å². The molecule has 1 amide bonds. The lowest BCUT2D eigenvalue weighted by atomic mass is 10.0. The third-order valence-corrected chi connectivity index (χ3v) is 6.42. The van der Waals surface area contributed by atoms with Gasteiger partial charge in [0.2, 0.25) is 6.17 Å². The molecule has 0 radical (unpaired) electrons. The number of rotatable bonds is 4. The summed E-state index contributed by atoms with van der Waals surface area (Å²) in [7, 11) is 1.73. The number of carbonyl (C=O) groups is 1. The van der Waals surface area contributed by atoms with Crippen LogP contribution in [-0.2, 0) is 4.79 Å². The number of anilines is 2. The van der Waals surface area contributed by atoms with Gasteiger partial charge in [-0.25, -0.2) is 4.99 Å². The topological polar surface area (TPSA) is 56.7 Å². The van der Waals surface area contributed by atoms with Gasteiger partial charge in [0.05, 0.1) is 11.4 Å². The Hall–Kier alpha value is -4.00. The largest absolute Gasteiger partial charge is 0.333 e. The summed E-state index contributed by atoms with van der Waals surface area (Å²) < 4.78 is 0. The number of nitrogens with one attached hydrogen (secondary N) is 2. The number of benzene rings is 4. The van der Waals surface area contributed by atoms with Gasteiger partial charge in [-0.1, -0.05) is 84.4 Å². The van der Waals surface area contributed by atoms with Crippen LogP contribution in [0.25, 0.3) is 11.1 Å². The smallest absolute Gasteiger partial charge is 0.272 e. The second-order valence-corrected chi connectivity index (χ2v) is 9.19. The molecule has 0 saturated carbocycles. The Morgan fingerprint density at radius 3 is 2.14 bits per heavy atom. The monoisotopic (exact) mass is 510 g/mol. The number of carbonyl (C=O) groups excluding carboxylic acids is 1. The zero-order valence-corrected chi connectivity index (χ0v) is 21.1. The molecule has 2 N–H and O–H groups in total. The summed E-state index contributed by atoms with van der Waals surface area (Å²) in [6.07, 6.45) is -0.917. The van der Waals surface area contributed by atoms with Crippen LogP contribution in [0.5, 0.6) is 0 Å². The van der Waals surface area contributed by atoms with E-state index in [1.54, 1.807) is 18.0 Å². The van der Waals surface area contributed by atoms with Crippen molar-refractivity contribution in [3.63, 3.8) is 0 Å². The van der Waals surface area contributed by atoms with Crippen LogP contribution in [0.4, 0.5) is 11.4 Å². The second-order valence-electron chi connectivity index (χ2n) is 8.35. The molecular weight excluding hydrogens is 488 g/mol. The average Bonchev–Trinajstić information content (AvgIpc) is 3.00. The second kappa shape index (κ2) is 10.3. The number of benzodiazepines with no additional fused rings is 1. The highest BCUT2D eigenvalue weighted by Crippen LogP contribution is 2.30. The first-order valence-corrected chi connectivity index (χ1v) is 12.2. The van der Waals surface area contributed by atoms with Crippen molar-refractivity contribution in [1.82, 2.24) is 5.32 Å². The zero-order chi connectivity index (χ0) is 25.1. The third kappa shape index (κ3) is 5.00. The predicted octanol–water partition coefficient (Wildman–Crippen LogP) is 6.13. The van der Waals surface area contributed by atoms with E-state index in [0.717, 1.165) is 33.6 Å². The van der Waals surface area contributed by atoms with Gasteiger partial charge < -0.3 is 15.5 Å². The number of fused-ring (bicyclic) bond motifs is 1. The molecule has 36 heavy (non-hydrogen) atoms. The molecule has 1 aliphatic rings. The first-order valence-electron chi connectivity index (χ1n) is 11.4. The normalized spacial score (nSPS) is 14.9. The van der Waals surface area contributed by atoms with E-state index in [2.05, 4.69) is 22.8 Å². The lowest BCUT2D eigenvalue weighted by Gasteiger charge is -2.22. The van der Waals surface area contributed by atoms with Crippen LogP contribution in [0.2, 0.25) is 5.02 Å². The lowest BCUT2D eigenvalue weighted by molar-refractivity contribution is -0.119. The number of hydrogen-bond donors (Lipinski definition) is 2. The number of amides is 1. The summed E-state index contributed by atoms with van der Waals surface area (Å²) in [5, 5.41) is 7.13. The number of likely N-dealkylation sites (N-methyl/N-ethyl adjacent to an activating group) is 1. The maximum atomic E-state index is 13.4. The Labute approximate surface area is 220 Å². The summed E-state index contributed by atoms with van der Waals surface area (Å²) in [5.41, 5.74) is 6.11. The molecule has 1 heterocycles. The highest BCUT2D eigenvalue weighted by atomic mass is 35.5. The molecule has 5 rings (SSSR count). The molecule has 4 aromatic rings. The van der Waals surface area contributed by atoms with Gasteiger partial charge in [0.1, 0.15) is 0 Å². The molecule has 7 heteroatoms. The Kier molecular flexibility index (Phi) is 6.80. The first-order chi connectivity index (χ1) is 17.5. The van der Waals surface area contributed by atoms with E-state index in [9.17, 15) is 4.79 Å². The fourth-order valence-corrected chi connectivity index (χ4v) is 4.54. The summed E-state index contributed by atoms with van der Waals surface area (Å²) in [6, 6.07) is 33.3. The van der Waals surface area contributed by atoms with Crippen molar-refractivity contribution in [3.8, 4) is 11.1 Å². The molecule has 0 aliphatic carbocycles. The Bertz CT molecular complexity index is 1440. The molecule has 1 aliphatic heterocycles. The minimum atomic E-state index is -0.917. The van der Waals surface area contributed by atoms with Gasteiger partial charge in [-0.2, -0.15) is 0 Å². The highest BCUT2D eigenvalue weighted by molar-refractivity contribution is 7.80. The van der Waals surface area contributed by atoms with Gasteiger partial charge in [-0.3, -0.25) is 4.79 Å². The van der Waals surface area contributed by atoms with Crippen LogP contribution in [0.15, 0.2) is 108 Å². The van der Waals surface area contributed by atoms with Crippen LogP contribution in [0, 0.1) is 0 Å². The SMILES string of the molecule is CN1C(=O)C(NC(=S)Nc2ccc(-c3ccccc3)cc2)N=C(c2ccccc2)c2cc(Cl)ccc21. The summed E-state index contributed by atoms with van der Waals surface area (Å²) >= 11 is 11.9. The minimum absolute atomic E-state index is 0.229. The first kappa shape index (κ1) is 23.7. The molecular formula is C29H23ClN4OS. The van der Waals surface area contributed by atoms with Gasteiger partial charge in [-0.05, 0) is 53.7 Å². The molecule has 1 atom stereocenters. The third-order valence-electron chi connectivity index (χ3n) is 5.96. The molecule has 5 nitrogen and oxygen atoms in total. The maximum Gasteiger partial charge on any atom is 0.272 e. The van der Waals surface area contributed by atoms with E-state index in [0.29, 0.717) is 15.8 Å². The number of halogens is 1. The van der Waals surface area contributed by atoms with Crippen molar-refractivity contribution in [3.05, 3.63) is 119 Å². The van der Waals surface area contributed by atoms with E-state index >= 15 is 0 Å². The molecule has 0 bridgehead atoms. The fraction of sp³-hybridized carbons (Fsp3) is 0.0690. The Morgan fingerprint density at radius 2 is 1.47 bits per heavy atom. The quantitative estimate of drug-likeness (QED) is 0.324. The minimum Gasteiger partial charge on any atom is -0.333 e. The highest BCUT2D eigenvalue weighted by Gasteiger charge is 2.30. The fourth-order valence-electron chi connectivity index (χ4n) is 4.13. The van der Waals surface area contributed by atoms with Crippen LogP contribution in [0.1, 0.15) is 11.1 Å². The summed E-state index contributed by atoms with van der Waals surface area (Å²) in [4.78, 5) is 19.8. The number of thiocarbonyl (C=S) groups is 1. The molecule has 0 saturated heterocycles. The van der Waals surface area contributed by atoms with Gasteiger partial charge in [0, 0.05) is 28.9 Å². The van der Waals surface area contributed by atoms with Gasteiger partial charge >= 0.3 is 0 Å². The van der Waals surface area contributed by atoms with Crippen molar-refractivity contribution in [2.45, 2.75) is 6.17 Å². The van der Waals surface area contributed by atoms with E-state index in [1.165, 1.54) is 0 Å². The van der Waals surface area contributed by atoms with Crippen molar-refractivity contribution in [2.24, 2.45) is 4.99 Å². The van der Waals surface area contributed by atoms with E-state index < -0.39 is 6.17 Å². The Balaban J connectivity index is 1.41. The van der Waals surface area contributed by atoms with Gasteiger partial charge in [0.15, 0.2) is 5.11 Å². The van der Waals surface area contributed by atoms with Crippen LogP contribution in [0.3, 0.4) is 0 Å². The number of aliphatic imine (C=N–C) groups is 1. The predicted molar refractivity (Wildman–Crippen MR) is 152 cm³/mol. The molecule has 4 aromatic carbocycles. The van der Waals surface area contributed by atoms with Crippen LogP contribution >= 0.6 is 23.8 Å². The molecule has 0 spiro atoms. The van der Waals surface area contributed by atoms with Crippen molar-refractivity contribution in [1.29, 1.82) is 0 Å². The van der Waals surface area contributed by atoms with Crippen molar-refractivity contribution >= 4 is 51.9 Å². The zero-order valence-electron chi connectivity index (χ0n) is 19.5. The van der Waals surface area contributed by atoms with E-state index in [4.69, 9.17) is 28.8 Å². The summed E-state index contributed by atoms with van der Waals surface area (Å²) in [5.74, 6) is -0.229. The standard InChI is InChI=1S/C29H23ClN4OS/c1-34-25-17-14-22(30)18-24(25)26(21-10-6-3-7-11-21)32-27(28(34)35)33-29(36)31-23-15-12-20(13-16-23)19-8-4-2-5-9-19/h2-18,27H,1H3,(H2,31,33,36). The number of hydrogen-bond acceptors (Lipinski definition) is 3. The lowest BCUT2D eigenvalue weighted by Crippen LogP contribution is -2.47. The van der Waals surface area contributed by atoms with Crippen LogP contribution in [-0.4, -0.2) is 29.9 Å². The van der Waals surface area contributed by atoms with Gasteiger partial charge in [-0.15, -0.1) is 0 Å². The summed E-state index contributed by atoms with van der Waals surface area (Å²) in [6.45, 7) is 0. The van der Waals surface area contributed by atoms with Crippen molar-refractivity contribution in [2.75, 3.05) is 17.3 Å². The molecule has 178 valence electrons.